The van der Waals surface area contributed by atoms with E-state index < -0.39 is 0 Å². The maximum absolute atomic E-state index is 5.94. The second kappa shape index (κ2) is 5.74. The van der Waals surface area contributed by atoms with Crippen LogP contribution in [0.4, 0.5) is 0 Å². The van der Waals surface area contributed by atoms with Crippen molar-refractivity contribution in [3.05, 3.63) is 29.5 Å². The lowest BCUT2D eigenvalue weighted by Gasteiger charge is -2.21. The molecular formula is C15H17ClN2O. The number of rotatable bonds is 3. The van der Waals surface area contributed by atoms with Gasteiger partial charge in [-0.25, -0.2) is 4.98 Å². The topological polar surface area (TPSA) is 35.0 Å². The second-order valence-corrected chi connectivity index (χ2v) is 5.47. The van der Waals surface area contributed by atoms with Gasteiger partial charge in [0.05, 0.1) is 17.5 Å². The van der Waals surface area contributed by atoms with Crippen LogP contribution in [-0.2, 0) is 0 Å². The molecule has 0 N–H and O–H groups in total. The van der Waals surface area contributed by atoms with Crippen molar-refractivity contribution in [2.24, 2.45) is 5.92 Å². The summed E-state index contributed by atoms with van der Waals surface area (Å²) in [5.74, 6) is 1.27. The average Bonchev–Trinajstić information content (AvgIpc) is 2.45. The van der Waals surface area contributed by atoms with E-state index in [4.69, 9.17) is 16.3 Å². The van der Waals surface area contributed by atoms with Crippen LogP contribution in [0.1, 0.15) is 32.1 Å². The minimum Gasteiger partial charge on any atom is -0.477 e. The van der Waals surface area contributed by atoms with E-state index in [0.29, 0.717) is 11.8 Å². The van der Waals surface area contributed by atoms with Crippen molar-refractivity contribution >= 4 is 22.5 Å². The van der Waals surface area contributed by atoms with Crippen molar-refractivity contribution in [2.75, 3.05) is 6.61 Å². The molecule has 1 aromatic carbocycles. The van der Waals surface area contributed by atoms with Gasteiger partial charge in [0.25, 0.3) is 0 Å². The molecule has 2 aromatic rings. The van der Waals surface area contributed by atoms with Gasteiger partial charge in [-0.1, -0.05) is 31.4 Å². The first kappa shape index (κ1) is 12.7. The Morgan fingerprint density at radius 3 is 2.74 bits per heavy atom. The number of halogens is 1. The molecule has 0 unspecified atom stereocenters. The van der Waals surface area contributed by atoms with Gasteiger partial charge in [-0.2, -0.15) is 4.98 Å². The Hall–Kier alpha value is -1.35. The average molecular weight is 277 g/mol. The zero-order valence-corrected chi connectivity index (χ0v) is 11.6. The van der Waals surface area contributed by atoms with E-state index in [1.165, 1.54) is 32.1 Å². The molecule has 1 fully saturated rings. The van der Waals surface area contributed by atoms with Crippen LogP contribution in [-0.4, -0.2) is 16.6 Å². The third-order valence-corrected chi connectivity index (χ3v) is 3.89. The van der Waals surface area contributed by atoms with Gasteiger partial charge in [-0.15, -0.1) is 0 Å². The summed E-state index contributed by atoms with van der Waals surface area (Å²) in [5.41, 5.74) is 0.834. The maximum atomic E-state index is 5.94. The van der Waals surface area contributed by atoms with Gasteiger partial charge >= 0.3 is 0 Å². The molecule has 0 amide bonds. The summed E-state index contributed by atoms with van der Waals surface area (Å²) < 4.78 is 5.90. The van der Waals surface area contributed by atoms with Crippen LogP contribution in [0.15, 0.2) is 24.3 Å². The fourth-order valence-corrected chi connectivity index (χ4v) is 2.85. The number of fused-ring (bicyclic) bond motifs is 1. The largest absolute Gasteiger partial charge is 0.477 e. The van der Waals surface area contributed by atoms with E-state index in [9.17, 15) is 0 Å². The van der Waals surface area contributed by atoms with Gasteiger partial charge in [0.1, 0.15) is 0 Å². The molecule has 0 atom stereocenters. The van der Waals surface area contributed by atoms with Gasteiger partial charge in [-0.3, -0.25) is 0 Å². The molecule has 4 heteroatoms. The fraction of sp³-hybridized carbons (Fsp3) is 0.467. The summed E-state index contributed by atoms with van der Waals surface area (Å²) in [5, 5.41) is 1.18. The highest BCUT2D eigenvalue weighted by Crippen LogP contribution is 2.27. The highest BCUT2D eigenvalue weighted by Gasteiger charge is 2.15. The Morgan fingerprint density at radius 2 is 1.89 bits per heavy atom. The van der Waals surface area contributed by atoms with Crippen LogP contribution in [0.25, 0.3) is 10.9 Å². The first-order valence-corrected chi connectivity index (χ1v) is 7.26. The molecule has 1 saturated carbocycles. The summed E-state index contributed by atoms with van der Waals surface area (Å²) in [4.78, 5) is 8.42. The Morgan fingerprint density at radius 1 is 1.11 bits per heavy atom. The van der Waals surface area contributed by atoms with Crippen LogP contribution in [0.2, 0.25) is 5.28 Å². The molecule has 0 radical (unpaired) electrons. The Bertz CT molecular complexity index is 567. The minimum atomic E-state index is 0.248. The van der Waals surface area contributed by atoms with E-state index in [-0.39, 0.29) is 5.28 Å². The van der Waals surface area contributed by atoms with E-state index in [1.807, 2.05) is 24.3 Å². The van der Waals surface area contributed by atoms with Gasteiger partial charge in [0.2, 0.25) is 11.2 Å². The lowest BCUT2D eigenvalue weighted by Crippen LogP contribution is -2.15. The molecule has 0 aliphatic heterocycles. The quantitative estimate of drug-likeness (QED) is 0.787. The molecule has 0 spiro atoms. The van der Waals surface area contributed by atoms with Crippen molar-refractivity contribution in [2.45, 2.75) is 32.1 Å². The summed E-state index contributed by atoms with van der Waals surface area (Å²) in [7, 11) is 0. The smallest absolute Gasteiger partial charge is 0.226 e. The zero-order chi connectivity index (χ0) is 13.1. The van der Waals surface area contributed by atoms with Crippen molar-refractivity contribution in [1.29, 1.82) is 0 Å². The number of nitrogens with zero attached hydrogens (tertiary/aromatic N) is 2. The molecule has 3 rings (SSSR count). The van der Waals surface area contributed by atoms with Crippen LogP contribution in [0.3, 0.4) is 0 Å². The zero-order valence-electron chi connectivity index (χ0n) is 10.8. The molecule has 0 bridgehead atoms. The fourth-order valence-electron chi connectivity index (χ4n) is 2.68. The van der Waals surface area contributed by atoms with Crippen molar-refractivity contribution < 1.29 is 4.74 Å². The number of hydrogen-bond acceptors (Lipinski definition) is 3. The third kappa shape index (κ3) is 2.98. The monoisotopic (exact) mass is 276 g/mol. The normalized spacial score (nSPS) is 16.7. The number of para-hydroxylation sites is 1. The van der Waals surface area contributed by atoms with E-state index in [1.54, 1.807) is 0 Å². The van der Waals surface area contributed by atoms with Crippen LogP contribution >= 0.6 is 11.6 Å². The predicted molar refractivity (Wildman–Crippen MR) is 76.6 cm³/mol. The molecule has 3 nitrogen and oxygen atoms in total. The van der Waals surface area contributed by atoms with Gasteiger partial charge in [-0.05, 0) is 42.5 Å². The summed E-state index contributed by atoms with van der Waals surface area (Å²) in [6, 6.07) is 7.81. The van der Waals surface area contributed by atoms with Crippen LogP contribution in [0.5, 0.6) is 5.88 Å². The third-order valence-electron chi connectivity index (χ3n) is 3.72. The lowest BCUT2D eigenvalue weighted by atomic mass is 9.90. The number of aromatic nitrogens is 2. The first-order chi connectivity index (χ1) is 9.33. The standard InChI is InChI=1S/C15H17ClN2O/c16-15-17-13-9-5-4-8-12(13)14(18-15)19-10-11-6-2-1-3-7-11/h4-5,8-9,11H,1-3,6-7,10H2. The molecule has 1 aromatic heterocycles. The molecule has 1 aliphatic rings. The SMILES string of the molecule is Clc1nc(OCC2CCCCC2)c2ccccc2n1. The highest BCUT2D eigenvalue weighted by atomic mass is 35.5. The molecular weight excluding hydrogens is 260 g/mol. The van der Waals surface area contributed by atoms with Crippen molar-refractivity contribution in [3.8, 4) is 5.88 Å². The Labute approximate surface area is 118 Å². The number of benzene rings is 1. The number of ether oxygens (including phenoxy) is 1. The predicted octanol–water partition coefficient (Wildman–Crippen LogP) is 4.24. The molecule has 100 valence electrons. The minimum absolute atomic E-state index is 0.248. The van der Waals surface area contributed by atoms with E-state index in [2.05, 4.69) is 9.97 Å². The van der Waals surface area contributed by atoms with Gasteiger partial charge < -0.3 is 4.74 Å². The highest BCUT2D eigenvalue weighted by molar-refractivity contribution is 6.28. The molecule has 1 aliphatic carbocycles. The van der Waals surface area contributed by atoms with Gasteiger partial charge in [0.15, 0.2) is 0 Å². The first-order valence-electron chi connectivity index (χ1n) is 6.88. The van der Waals surface area contributed by atoms with Crippen molar-refractivity contribution in [3.63, 3.8) is 0 Å². The second-order valence-electron chi connectivity index (χ2n) is 5.13. The molecule has 1 heterocycles. The van der Waals surface area contributed by atoms with Crippen LogP contribution < -0.4 is 4.74 Å². The molecule has 19 heavy (non-hydrogen) atoms. The maximum Gasteiger partial charge on any atom is 0.226 e. The number of hydrogen-bond donors (Lipinski definition) is 0. The van der Waals surface area contributed by atoms with E-state index >= 15 is 0 Å². The van der Waals surface area contributed by atoms with Crippen LogP contribution in [0, 0.1) is 5.92 Å². The Kier molecular flexibility index (Phi) is 3.83. The lowest BCUT2D eigenvalue weighted by molar-refractivity contribution is 0.205. The van der Waals surface area contributed by atoms with Crippen molar-refractivity contribution in [1.82, 2.24) is 9.97 Å². The molecule has 0 saturated heterocycles. The summed E-state index contributed by atoms with van der Waals surface area (Å²) in [6.45, 7) is 0.733. The Balaban J connectivity index is 1.79. The van der Waals surface area contributed by atoms with E-state index in [0.717, 1.165) is 17.5 Å². The van der Waals surface area contributed by atoms with Gasteiger partial charge in [0, 0.05) is 0 Å². The summed E-state index contributed by atoms with van der Waals surface area (Å²) >= 11 is 5.94. The summed E-state index contributed by atoms with van der Waals surface area (Å²) in [6.07, 6.45) is 6.52.